The zero-order valence-corrected chi connectivity index (χ0v) is 15.2. The summed E-state index contributed by atoms with van der Waals surface area (Å²) in [5.41, 5.74) is 0.713. The number of aliphatic hydroxyl groups is 1. The molecule has 0 spiro atoms. The van der Waals surface area contributed by atoms with Crippen LogP contribution in [-0.4, -0.2) is 27.8 Å². The van der Waals surface area contributed by atoms with Gasteiger partial charge < -0.3 is 14.9 Å². The lowest BCUT2D eigenvalue weighted by Crippen LogP contribution is -2.12. The molecule has 0 unspecified atom stereocenters. The van der Waals surface area contributed by atoms with E-state index in [1.807, 2.05) is 6.07 Å². The lowest BCUT2D eigenvalue weighted by molar-refractivity contribution is -0.138. The van der Waals surface area contributed by atoms with Gasteiger partial charge in [-0.3, -0.25) is 0 Å². The van der Waals surface area contributed by atoms with Gasteiger partial charge in [-0.1, -0.05) is 42.1 Å². The molecule has 2 N–H and O–H groups in total. The molecule has 1 aliphatic rings. The van der Waals surface area contributed by atoms with Gasteiger partial charge in [0, 0.05) is 5.56 Å². The van der Waals surface area contributed by atoms with Crippen molar-refractivity contribution in [2.24, 2.45) is 4.99 Å². The van der Waals surface area contributed by atoms with Crippen LogP contribution in [0.2, 0.25) is 0 Å². The summed E-state index contributed by atoms with van der Waals surface area (Å²) in [6, 6.07) is 13.0. The highest BCUT2D eigenvalue weighted by molar-refractivity contribution is 8.18. The van der Waals surface area contributed by atoms with Crippen LogP contribution in [-0.2, 0) is 9.53 Å². The van der Waals surface area contributed by atoms with E-state index in [4.69, 9.17) is 4.74 Å². The Labute approximate surface area is 159 Å². The van der Waals surface area contributed by atoms with E-state index in [0.717, 1.165) is 17.8 Å². The summed E-state index contributed by atoms with van der Waals surface area (Å²) in [5.74, 6) is -2.34. The number of benzene rings is 2. The third-order valence-corrected chi connectivity index (χ3v) is 4.68. The van der Waals surface area contributed by atoms with Crippen LogP contribution in [0.1, 0.15) is 12.5 Å². The van der Waals surface area contributed by atoms with Crippen LogP contribution in [0.25, 0.3) is 6.08 Å². The molecule has 0 aliphatic carbocycles. The average molecular weight is 385 g/mol. The largest absolute Gasteiger partial charge is 0.506 e. The van der Waals surface area contributed by atoms with Gasteiger partial charge in [0.15, 0.2) is 11.6 Å². The standard InChI is InChI=1S/C20H16FNO4S/c1-2-26-20(25)16-18(24)15(11-12-7-6-10-14(21)17(12)23)27-19(16)22-13-8-4-3-5-9-13/h3-11,23-24H,2H2,1H3/b15-11+,22-19?. The second-order valence-electron chi connectivity index (χ2n) is 5.48. The van der Waals surface area contributed by atoms with Crippen molar-refractivity contribution in [1.82, 2.24) is 0 Å². The molecule has 0 fully saturated rings. The van der Waals surface area contributed by atoms with E-state index in [1.165, 1.54) is 18.2 Å². The molecule has 2 aromatic rings. The Kier molecular flexibility index (Phi) is 5.61. The Bertz CT molecular complexity index is 967. The lowest BCUT2D eigenvalue weighted by atomic mass is 10.1. The monoisotopic (exact) mass is 385 g/mol. The quantitative estimate of drug-likeness (QED) is 0.744. The van der Waals surface area contributed by atoms with Gasteiger partial charge in [0.2, 0.25) is 0 Å². The number of aliphatic hydroxyl groups excluding tert-OH is 1. The van der Waals surface area contributed by atoms with Gasteiger partial charge in [0.25, 0.3) is 0 Å². The van der Waals surface area contributed by atoms with Crippen molar-refractivity contribution in [1.29, 1.82) is 0 Å². The number of hydrogen-bond donors (Lipinski definition) is 2. The maximum Gasteiger partial charge on any atom is 0.344 e. The summed E-state index contributed by atoms with van der Waals surface area (Å²) in [7, 11) is 0. The smallest absolute Gasteiger partial charge is 0.344 e. The van der Waals surface area contributed by atoms with Gasteiger partial charge in [-0.25, -0.2) is 14.2 Å². The van der Waals surface area contributed by atoms with Crippen LogP contribution in [0.3, 0.4) is 0 Å². The van der Waals surface area contributed by atoms with E-state index < -0.39 is 17.5 Å². The van der Waals surface area contributed by atoms with Crippen molar-refractivity contribution in [2.45, 2.75) is 6.92 Å². The number of carbonyl (C=O) groups excluding carboxylic acids is 1. The number of thioether (sulfide) groups is 1. The highest BCUT2D eigenvalue weighted by atomic mass is 32.2. The van der Waals surface area contributed by atoms with E-state index in [-0.39, 0.29) is 33.5 Å². The first-order valence-corrected chi connectivity index (χ1v) is 8.94. The van der Waals surface area contributed by atoms with Crippen molar-refractivity contribution in [3.05, 3.63) is 76.1 Å². The normalized spacial score (nSPS) is 17.0. The summed E-state index contributed by atoms with van der Waals surface area (Å²) in [4.78, 5) is 17.0. The van der Waals surface area contributed by atoms with Crippen LogP contribution >= 0.6 is 11.8 Å². The highest BCUT2D eigenvalue weighted by Crippen LogP contribution is 2.41. The molecule has 0 amide bonds. The van der Waals surface area contributed by atoms with E-state index in [1.54, 1.807) is 31.2 Å². The van der Waals surface area contributed by atoms with Crippen molar-refractivity contribution in [2.75, 3.05) is 6.61 Å². The number of aliphatic imine (C=N–C) groups is 1. The number of rotatable bonds is 4. The summed E-state index contributed by atoms with van der Waals surface area (Å²) < 4.78 is 18.6. The first-order valence-electron chi connectivity index (χ1n) is 8.13. The average Bonchev–Trinajstić information content (AvgIpc) is 2.95. The van der Waals surface area contributed by atoms with Gasteiger partial charge >= 0.3 is 5.97 Å². The van der Waals surface area contributed by atoms with Gasteiger partial charge in [-0.2, -0.15) is 0 Å². The van der Waals surface area contributed by atoms with Crippen LogP contribution in [0.5, 0.6) is 5.75 Å². The third kappa shape index (κ3) is 4.03. The Balaban J connectivity index is 2.07. The molecule has 5 nitrogen and oxygen atoms in total. The molecule has 7 heteroatoms. The van der Waals surface area contributed by atoms with Crippen molar-refractivity contribution < 1.29 is 24.1 Å². The molecule has 3 rings (SSSR count). The molecule has 27 heavy (non-hydrogen) atoms. The summed E-state index contributed by atoms with van der Waals surface area (Å²) in [6.45, 7) is 1.80. The highest BCUT2D eigenvalue weighted by Gasteiger charge is 2.33. The minimum atomic E-state index is -0.778. The number of esters is 1. The maximum absolute atomic E-state index is 13.6. The molecule has 2 aromatic carbocycles. The molecule has 1 heterocycles. The van der Waals surface area contributed by atoms with Gasteiger partial charge in [-0.05, 0) is 31.2 Å². The Hall–Kier alpha value is -3.06. The molecule has 0 saturated carbocycles. The minimum absolute atomic E-state index is 0.0622. The second-order valence-corrected chi connectivity index (χ2v) is 6.52. The number of carbonyl (C=O) groups is 1. The topological polar surface area (TPSA) is 79.1 Å². The van der Waals surface area contributed by atoms with Crippen molar-refractivity contribution in [3.63, 3.8) is 0 Å². The Morgan fingerprint density at radius 3 is 2.63 bits per heavy atom. The summed E-state index contributed by atoms with van der Waals surface area (Å²) in [5, 5.41) is 20.7. The molecule has 0 radical (unpaired) electrons. The van der Waals surface area contributed by atoms with Gasteiger partial charge in [0.05, 0.1) is 17.2 Å². The third-order valence-electron chi connectivity index (χ3n) is 3.66. The molecule has 0 aromatic heterocycles. The summed E-state index contributed by atoms with van der Waals surface area (Å²) in [6.07, 6.45) is 1.39. The maximum atomic E-state index is 13.6. The molecular formula is C20H16FNO4S. The van der Waals surface area contributed by atoms with Crippen LogP contribution in [0.15, 0.2) is 69.8 Å². The number of phenolic OH excluding ortho intramolecular Hbond substituents is 1. The number of nitrogens with zero attached hydrogens (tertiary/aromatic N) is 1. The van der Waals surface area contributed by atoms with Crippen LogP contribution in [0.4, 0.5) is 10.1 Å². The first kappa shape index (κ1) is 18.7. The first-order chi connectivity index (χ1) is 13.0. The molecule has 0 saturated heterocycles. The predicted molar refractivity (Wildman–Crippen MR) is 103 cm³/mol. The SMILES string of the molecule is CCOC(=O)C1=C(O)/C(=C\c2cccc(F)c2O)SC1=Nc1ccccc1. The van der Waals surface area contributed by atoms with E-state index >= 15 is 0 Å². The van der Waals surface area contributed by atoms with E-state index in [0.29, 0.717) is 5.69 Å². The van der Waals surface area contributed by atoms with Crippen LogP contribution in [0, 0.1) is 5.82 Å². The van der Waals surface area contributed by atoms with E-state index in [2.05, 4.69) is 4.99 Å². The van der Waals surface area contributed by atoms with Gasteiger partial charge in [0.1, 0.15) is 16.4 Å². The fraction of sp³-hybridized carbons (Fsp3) is 0.100. The number of aromatic hydroxyl groups is 1. The molecule has 138 valence electrons. The van der Waals surface area contributed by atoms with E-state index in [9.17, 15) is 19.4 Å². The van der Waals surface area contributed by atoms with Gasteiger partial charge in [-0.15, -0.1) is 0 Å². The Morgan fingerprint density at radius 2 is 1.93 bits per heavy atom. The predicted octanol–water partition coefficient (Wildman–Crippen LogP) is 4.72. The zero-order valence-electron chi connectivity index (χ0n) is 14.3. The molecule has 0 atom stereocenters. The number of phenols is 1. The summed E-state index contributed by atoms with van der Waals surface area (Å²) >= 11 is 1.04. The Morgan fingerprint density at radius 1 is 1.19 bits per heavy atom. The second kappa shape index (κ2) is 8.09. The van der Waals surface area contributed by atoms with Crippen LogP contribution < -0.4 is 0 Å². The number of para-hydroxylation sites is 2. The number of hydrogen-bond acceptors (Lipinski definition) is 6. The number of ether oxygens (including phenoxy) is 1. The zero-order chi connectivity index (χ0) is 19.4. The fourth-order valence-electron chi connectivity index (χ4n) is 2.40. The number of halogens is 1. The fourth-order valence-corrected chi connectivity index (χ4v) is 3.43. The molecular weight excluding hydrogens is 369 g/mol. The molecule has 1 aliphatic heterocycles. The minimum Gasteiger partial charge on any atom is -0.506 e. The van der Waals surface area contributed by atoms with Crippen molar-refractivity contribution in [3.8, 4) is 5.75 Å². The lowest BCUT2D eigenvalue weighted by Gasteiger charge is -2.03. The molecule has 0 bridgehead atoms. The van der Waals surface area contributed by atoms with Crippen molar-refractivity contribution >= 4 is 34.5 Å².